The predicted molar refractivity (Wildman–Crippen MR) is 112 cm³/mol. The van der Waals surface area contributed by atoms with Crippen LogP contribution in [0, 0.1) is 6.92 Å². The number of anilines is 2. The maximum atomic E-state index is 12.4. The summed E-state index contributed by atoms with van der Waals surface area (Å²) in [7, 11) is 0. The zero-order chi connectivity index (χ0) is 18.6. The number of rotatable bonds is 5. The van der Waals surface area contributed by atoms with Crippen LogP contribution in [0.3, 0.4) is 0 Å². The van der Waals surface area contributed by atoms with Crippen LogP contribution >= 0.6 is 22.7 Å². The van der Waals surface area contributed by atoms with Crippen LogP contribution in [0.5, 0.6) is 0 Å². The monoisotopic (exact) mass is 398 g/mol. The van der Waals surface area contributed by atoms with E-state index in [4.69, 9.17) is 4.98 Å². The van der Waals surface area contributed by atoms with E-state index in [1.807, 2.05) is 22.4 Å². The first-order valence-corrected chi connectivity index (χ1v) is 10.8. The number of thiophene rings is 1. The number of nitrogens with zero attached hydrogens (tertiary/aromatic N) is 3. The van der Waals surface area contributed by atoms with Gasteiger partial charge in [-0.05, 0) is 30.5 Å². The smallest absolute Gasteiger partial charge is 0.264 e. The van der Waals surface area contributed by atoms with Crippen molar-refractivity contribution in [3.8, 4) is 0 Å². The third kappa shape index (κ3) is 4.55. The lowest BCUT2D eigenvalue weighted by Gasteiger charge is -2.34. The number of nitrogens with one attached hydrogen (secondary N) is 1. The van der Waals surface area contributed by atoms with Crippen LogP contribution < -0.4 is 5.32 Å². The maximum Gasteiger partial charge on any atom is 0.264 e. The van der Waals surface area contributed by atoms with Crippen LogP contribution in [0.15, 0.2) is 47.2 Å². The van der Waals surface area contributed by atoms with E-state index in [0.29, 0.717) is 0 Å². The summed E-state index contributed by atoms with van der Waals surface area (Å²) in [4.78, 5) is 22.3. The Morgan fingerprint density at radius 3 is 2.59 bits per heavy atom. The Kier molecular flexibility index (Phi) is 5.52. The van der Waals surface area contributed by atoms with Gasteiger partial charge in [-0.3, -0.25) is 9.69 Å². The summed E-state index contributed by atoms with van der Waals surface area (Å²) in [6, 6.07) is 12.2. The lowest BCUT2D eigenvalue weighted by Crippen LogP contribution is -2.48. The molecule has 0 spiro atoms. The molecule has 140 valence electrons. The number of amides is 1. The van der Waals surface area contributed by atoms with Crippen molar-refractivity contribution in [1.29, 1.82) is 0 Å². The van der Waals surface area contributed by atoms with Crippen molar-refractivity contribution in [2.45, 2.75) is 13.5 Å². The van der Waals surface area contributed by atoms with Crippen LogP contribution in [-0.4, -0.2) is 46.9 Å². The van der Waals surface area contributed by atoms with Gasteiger partial charge in [-0.25, -0.2) is 4.98 Å². The van der Waals surface area contributed by atoms with Gasteiger partial charge in [-0.15, -0.1) is 22.7 Å². The van der Waals surface area contributed by atoms with Crippen LogP contribution in [-0.2, 0) is 6.54 Å². The molecule has 3 aromatic rings. The first-order valence-electron chi connectivity index (χ1n) is 9.00. The highest BCUT2D eigenvalue weighted by Gasteiger charge is 2.23. The van der Waals surface area contributed by atoms with Crippen molar-refractivity contribution in [2.24, 2.45) is 0 Å². The molecule has 0 bridgehead atoms. The van der Waals surface area contributed by atoms with Gasteiger partial charge in [-0.2, -0.15) is 0 Å². The van der Waals surface area contributed by atoms with Crippen molar-refractivity contribution < 1.29 is 4.79 Å². The average Bonchev–Trinajstić information content (AvgIpc) is 3.36. The summed E-state index contributed by atoms with van der Waals surface area (Å²) in [5.74, 6) is 0.155. The summed E-state index contributed by atoms with van der Waals surface area (Å²) < 4.78 is 0. The van der Waals surface area contributed by atoms with Gasteiger partial charge in [0.2, 0.25) is 0 Å². The Bertz CT molecular complexity index is 881. The molecule has 27 heavy (non-hydrogen) atoms. The van der Waals surface area contributed by atoms with E-state index in [0.717, 1.165) is 54.1 Å². The fraction of sp³-hybridized carbons (Fsp3) is 0.300. The first kappa shape index (κ1) is 18.2. The number of hydrogen-bond donors (Lipinski definition) is 1. The van der Waals surface area contributed by atoms with Gasteiger partial charge in [-0.1, -0.05) is 23.8 Å². The molecule has 0 atom stereocenters. The van der Waals surface area contributed by atoms with Crippen molar-refractivity contribution in [3.05, 3.63) is 63.3 Å². The summed E-state index contributed by atoms with van der Waals surface area (Å²) >= 11 is 3.14. The molecule has 2 aromatic heterocycles. The van der Waals surface area contributed by atoms with Crippen LogP contribution in [0.25, 0.3) is 0 Å². The molecule has 4 rings (SSSR count). The molecule has 0 saturated carbocycles. The van der Waals surface area contributed by atoms with Crippen molar-refractivity contribution >= 4 is 39.4 Å². The quantitative estimate of drug-likeness (QED) is 0.699. The molecule has 1 fully saturated rings. The number of hydrogen-bond acceptors (Lipinski definition) is 6. The second-order valence-corrected chi connectivity index (χ2v) is 8.49. The molecule has 1 aliphatic heterocycles. The SMILES string of the molecule is Cc1ccc(Nc2nc(CN3CCN(C(=O)c4cccs4)CC3)cs2)cc1. The molecular formula is C20H22N4OS2. The lowest BCUT2D eigenvalue weighted by molar-refractivity contribution is 0.0632. The second-order valence-electron chi connectivity index (χ2n) is 6.68. The maximum absolute atomic E-state index is 12.4. The number of aryl methyl sites for hydroxylation is 1. The molecule has 0 unspecified atom stereocenters. The number of aromatic nitrogens is 1. The van der Waals surface area contributed by atoms with Gasteiger partial charge >= 0.3 is 0 Å². The van der Waals surface area contributed by atoms with Crippen LogP contribution in [0.4, 0.5) is 10.8 Å². The molecule has 1 N–H and O–H groups in total. The topological polar surface area (TPSA) is 48.5 Å². The Morgan fingerprint density at radius 2 is 1.89 bits per heavy atom. The largest absolute Gasteiger partial charge is 0.335 e. The molecule has 1 aromatic carbocycles. The van der Waals surface area contributed by atoms with Gasteiger partial charge in [0.05, 0.1) is 10.6 Å². The molecule has 1 amide bonds. The number of carbonyl (C=O) groups is 1. The van der Waals surface area contributed by atoms with E-state index in [2.05, 4.69) is 46.8 Å². The van der Waals surface area contributed by atoms with Crippen LogP contribution in [0.1, 0.15) is 20.9 Å². The zero-order valence-corrected chi connectivity index (χ0v) is 16.9. The van der Waals surface area contributed by atoms with Gasteiger partial charge < -0.3 is 10.2 Å². The van der Waals surface area contributed by atoms with E-state index in [1.54, 1.807) is 11.3 Å². The fourth-order valence-electron chi connectivity index (χ4n) is 3.09. The first-order chi connectivity index (χ1) is 13.2. The summed E-state index contributed by atoms with van der Waals surface area (Å²) in [5.41, 5.74) is 3.38. The minimum atomic E-state index is 0.155. The Morgan fingerprint density at radius 1 is 1.11 bits per heavy atom. The third-order valence-corrected chi connectivity index (χ3v) is 6.30. The molecule has 0 radical (unpaired) electrons. The molecule has 0 aliphatic carbocycles. The molecule has 7 heteroatoms. The van der Waals surface area contributed by atoms with Gasteiger partial charge in [0.25, 0.3) is 5.91 Å². The van der Waals surface area contributed by atoms with Crippen molar-refractivity contribution in [2.75, 3.05) is 31.5 Å². The minimum Gasteiger partial charge on any atom is -0.335 e. The average molecular weight is 399 g/mol. The van der Waals surface area contributed by atoms with E-state index in [-0.39, 0.29) is 5.91 Å². The van der Waals surface area contributed by atoms with Crippen molar-refractivity contribution in [1.82, 2.24) is 14.8 Å². The number of piperazine rings is 1. The summed E-state index contributed by atoms with van der Waals surface area (Å²) in [5, 5.41) is 8.34. The summed E-state index contributed by atoms with van der Waals surface area (Å²) in [6.07, 6.45) is 0. The molecule has 1 aliphatic rings. The Hall–Kier alpha value is -2.22. The second kappa shape index (κ2) is 8.21. The van der Waals surface area contributed by atoms with E-state index >= 15 is 0 Å². The minimum absolute atomic E-state index is 0.155. The van der Waals surface area contributed by atoms with E-state index < -0.39 is 0 Å². The highest BCUT2D eigenvalue weighted by molar-refractivity contribution is 7.13. The van der Waals surface area contributed by atoms with Crippen molar-refractivity contribution in [3.63, 3.8) is 0 Å². The molecule has 5 nitrogen and oxygen atoms in total. The Balaban J connectivity index is 1.29. The highest BCUT2D eigenvalue weighted by atomic mass is 32.1. The fourth-order valence-corrected chi connectivity index (χ4v) is 4.50. The zero-order valence-electron chi connectivity index (χ0n) is 15.2. The lowest BCUT2D eigenvalue weighted by atomic mass is 10.2. The number of carbonyl (C=O) groups excluding carboxylic acids is 1. The Labute approximate surface area is 167 Å². The number of thiazole rings is 1. The third-order valence-electron chi connectivity index (χ3n) is 4.63. The van der Waals surface area contributed by atoms with Crippen LogP contribution in [0.2, 0.25) is 0 Å². The van der Waals surface area contributed by atoms with Gasteiger partial charge in [0.1, 0.15) is 0 Å². The normalized spacial score (nSPS) is 15.1. The highest BCUT2D eigenvalue weighted by Crippen LogP contribution is 2.22. The molecule has 1 saturated heterocycles. The van der Waals surface area contributed by atoms with E-state index in [1.165, 1.54) is 16.9 Å². The predicted octanol–water partition coefficient (Wildman–Crippen LogP) is 4.21. The summed E-state index contributed by atoms with van der Waals surface area (Å²) in [6.45, 7) is 6.22. The molecular weight excluding hydrogens is 376 g/mol. The van der Waals surface area contributed by atoms with Gasteiger partial charge in [0.15, 0.2) is 5.13 Å². The number of benzene rings is 1. The standard InChI is InChI=1S/C20H22N4OS2/c1-15-4-6-16(7-5-15)21-20-22-17(14-27-20)13-23-8-10-24(11-9-23)19(25)18-3-2-12-26-18/h2-7,12,14H,8-11,13H2,1H3,(H,21,22). The van der Waals surface area contributed by atoms with E-state index in [9.17, 15) is 4.79 Å². The molecule has 3 heterocycles. The van der Waals surface area contributed by atoms with Gasteiger partial charge in [0, 0.05) is 43.8 Å².